The number of piperidine rings is 1. The summed E-state index contributed by atoms with van der Waals surface area (Å²) in [6, 6.07) is 0.454. The van der Waals surface area contributed by atoms with E-state index in [2.05, 4.69) is 26.1 Å². The van der Waals surface area contributed by atoms with Gasteiger partial charge in [-0.15, -0.1) is 0 Å². The lowest BCUT2D eigenvalue weighted by molar-refractivity contribution is -0.133. The lowest BCUT2D eigenvalue weighted by Gasteiger charge is -2.29. The van der Waals surface area contributed by atoms with Crippen LogP contribution < -0.4 is 5.32 Å². The number of piperazine rings is 1. The minimum absolute atomic E-state index is 0.151. The van der Waals surface area contributed by atoms with Gasteiger partial charge in [-0.2, -0.15) is 0 Å². The normalized spacial score (nSPS) is 22.2. The smallest absolute Gasteiger partial charge is 0.222 e. The first kappa shape index (κ1) is 33.8. The van der Waals surface area contributed by atoms with Crippen LogP contribution in [0.25, 0.3) is 0 Å². The molecule has 4 amide bonds. The lowest BCUT2D eigenvalue weighted by Crippen LogP contribution is -2.45. The molecule has 4 aliphatic rings. The van der Waals surface area contributed by atoms with Gasteiger partial charge in [-0.25, -0.2) is 0 Å². The Kier molecular flexibility index (Phi) is 16.9. The van der Waals surface area contributed by atoms with Crippen LogP contribution in [-0.4, -0.2) is 121 Å². The molecular weight excluding hydrogens is 486 g/mol. The van der Waals surface area contributed by atoms with E-state index >= 15 is 0 Å². The number of carbonyl (C=O) groups is 4. The number of hydrogen-bond acceptors (Lipinski definition) is 6. The van der Waals surface area contributed by atoms with Crippen LogP contribution in [0.15, 0.2) is 0 Å². The summed E-state index contributed by atoms with van der Waals surface area (Å²) < 4.78 is 5.06. The van der Waals surface area contributed by atoms with Crippen molar-refractivity contribution in [3.8, 4) is 0 Å². The van der Waals surface area contributed by atoms with Gasteiger partial charge in [0.25, 0.3) is 0 Å². The van der Waals surface area contributed by atoms with E-state index in [0.717, 1.165) is 78.2 Å². The molecule has 1 N–H and O–H groups in total. The van der Waals surface area contributed by atoms with Crippen LogP contribution in [0, 0.1) is 5.92 Å². The zero-order valence-electron chi connectivity index (χ0n) is 24.8. The van der Waals surface area contributed by atoms with Gasteiger partial charge >= 0.3 is 0 Å². The quantitative estimate of drug-likeness (QED) is 0.576. The number of ether oxygens (including phenoxy) is 1. The average molecular weight is 540 g/mol. The molecule has 2 atom stereocenters. The molecule has 10 nitrogen and oxygen atoms in total. The summed E-state index contributed by atoms with van der Waals surface area (Å²) in [5, 5.41) is 3.18. The summed E-state index contributed by atoms with van der Waals surface area (Å²) >= 11 is 0. The van der Waals surface area contributed by atoms with Gasteiger partial charge in [0.2, 0.25) is 23.6 Å². The fraction of sp³-hybridized carbons (Fsp3) is 0.857. The number of rotatable bonds is 2. The summed E-state index contributed by atoms with van der Waals surface area (Å²) in [7, 11) is 0. The fourth-order valence-electron chi connectivity index (χ4n) is 4.69. The van der Waals surface area contributed by atoms with Gasteiger partial charge in [-0.1, -0.05) is 13.8 Å². The van der Waals surface area contributed by atoms with Gasteiger partial charge in [0, 0.05) is 92.1 Å². The van der Waals surface area contributed by atoms with Crippen molar-refractivity contribution in [2.24, 2.45) is 5.92 Å². The van der Waals surface area contributed by atoms with E-state index in [-0.39, 0.29) is 17.7 Å². The van der Waals surface area contributed by atoms with E-state index in [0.29, 0.717) is 31.1 Å². The predicted octanol–water partition coefficient (Wildman–Crippen LogP) is 1.98. The monoisotopic (exact) mass is 539 g/mol. The first-order valence-electron chi connectivity index (χ1n) is 14.4. The van der Waals surface area contributed by atoms with Gasteiger partial charge < -0.3 is 29.7 Å². The van der Waals surface area contributed by atoms with E-state index in [1.807, 2.05) is 14.7 Å². The van der Waals surface area contributed by atoms with Gasteiger partial charge in [0.05, 0.1) is 13.2 Å². The van der Waals surface area contributed by atoms with Crippen LogP contribution >= 0.6 is 0 Å². The van der Waals surface area contributed by atoms with Crippen molar-refractivity contribution in [1.29, 1.82) is 0 Å². The van der Waals surface area contributed by atoms with Crippen molar-refractivity contribution in [2.45, 2.75) is 79.7 Å². The molecule has 4 saturated heterocycles. The summed E-state index contributed by atoms with van der Waals surface area (Å²) in [5.41, 5.74) is 0. The standard InChI is InChI=1S/2C8H15NO.C6H12N2O.C6H11NO2/c1-7-4-3-5-9(6-7)8(2)10;1-3-7(2)9-6-4-5-8(9)10;1-6(9)8-4-2-7-3-5-8;1-6(8)7-2-4-9-5-3-7/h2*7H,3-6H2,1-2H3;7H,2-5H2,1H3;2-5H2,1H3. The molecule has 4 aliphatic heterocycles. The highest BCUT2D eigenvalue weighted by Gasteiger charge is 2.23. The summed E-state index contributed by atoms with van der Waals surface area (Å²) in [5.74, 6) is 1.62. The Hall–Kier alpha value is -2.20. The van der Waals surface area contributed by atoms with E-state index in [1.54, 1.807) is 25.7 Å². The Bertz CT molecular complexity index is 694. The third-order valence-corrected chi connectivity index (χ3v) is 7.35. The summed E-state index contributed by atoms with van der Waals surface area (Å²) in [4.78, 5) is 50.9. The molecule has 0 saturated carbocycles. The molecule has 38 heavy (non-hydrogen) atoms. The van der Waals surface area contributed by atoms with Gasteiger partial charge in [0.1, 0.15) is 0 Å². The Morgan fingerprint density at radius 3 is 1.79 bits per heavy atom. The third-order valence-electron chi connectivity index (χ3n) is 7.35. The average Bonchev–Trinajstić information content (AvgIpc) is 3.36. The minimum atomic E-state index is 0.151. The first-order valence-corrected chi connectivity index (χ1v) is 14.4. The molecule has 0 aromatic rings. The Morgan fingerprint density at radius 2 is 1.42 bits per heavy atom. The number of nitrogens with one attached hydrogen (secondary N) is 1. The molecular formula is C28H53N5O5. The summed E-state index contributed by atoms with van der Waals surface area (Å²) in [6.07, 6.45) is 5.36. The lowest BCUT2D eigenvalue weighted by atomic mass is 10.0. The Morgan fingerprint density at radius 1 is 0.868 bits per heavy atom. The highest BCUT2D eigenvalue weighted by atomic mass is 16.5. The third kappa shape index (κ3) is 13.6. The molecule has 4 heterocycles. The van der Waals surface area contributed by atoms with Gasteiger partial charge in [-0.05, 0) is 38.5 Å². The maximum atomic E-state index is 11.1. The molecule has 0 radical (unpaired) electrons. The number of likely N-dealkylation sites (tertiary alicyclic amines) is 2. The van der Waals surface area contributed by atoms with Crippen LogP contribution in [0.5, 0.6) is 0 Å². The molecule has 0 aromatic carbocycles. The van der Waals surface area contributed by atoms with Crippen molar-refractivity contribution in [1.82, 2.24) is 24.9 Å². The van der Waals surface area contributed by atoms with Crippen LogP contribution in [0.2, 0.25) is 0 Å². The number of nitrogens with zero attached hydrogens (tertiary/aromatic N) is 4. The zero-order valence-corrected chi connectivity index (χ0v) is 24.8. The summed E-state index contributed by atoms with van der Waals surface area (Å²) in [6.45, 7) is 20.7. The highest BCUT2D eigenvalue weighted by molar-refractivity contribution is 5.78. The van der Waals surface area contributed by atoms with Crippen LogP contribution in [0.4, 0.5) is 0 Å². The SMILES string of the molecule is CC(=O)N1CCCC(C)C1.CC(=O)N1CCNCC1.CC(=O)N1CCOCC1.CCC(C)N1CCCC1=O. The molecule has 220 valence electrons. The molecule has 0 bridgehead atoms. The van der Waals surface area contributed by atoms with Crippen LogP contribution in [0.1, 0.15) is 73.6 Å². The maximum Gasteiger partial charge on any atom is 0.222 e. The number of amides is 4. The van der Waals surface area contributed by atoms with Crippen LogP contribution in [0.3, 0.4) is 0 Å². The minimum Gasteiger partial charge on any atom is -0.378 e. The molecule has 10 heteroatoms. The zero-order chi connectivity index (χ0) is 28.5. The van der Waals surface area contributed by atoms with E-state index in [4.69, 9.17) is 4.74 Å². The second kappa shape index (κ2) is 19.0. The number of carbonyl (C=O) groups excluding carboxylic acids is 4. The second-order valence-corrected chi connectivity index (χ2v) is 10.5. The maximum absolute atomic E-state index is 11.1. The Balaban J connectivity index is 0.000000254. The van der Waals surface area contributed by atoms with Gasteiger partial charge in [-0.3, -0.25) is 19.2 Å². The molecule has 0 spiro atoms. The fourth-order valence-corrected chi connectivity index (χ4v) is 4.69. The van der Waals surface area contributed by atoms with Crippen molar-refractivity contribution >= 4 is 23.6 Å². The van der Waals surface area contributed by atoms with Gasteiger partial charge in [0.15, 0.2) is 0 Å². The van der Waals surface area contributed by atoms with E-state index in [1.165, 1.54) is 12.8 Å². The van der Waals surface area contributed by atoms with Crippen molar-refractivity contribution < 1.29 is 23.9 Å². The largest absolute Gasteiger partial charge is 0.378 e. The topological polar surface area (TPSA) is 102 Å². The number of hydrogen-bond donors (Lipinski definition) is 1. The van der Waals surface area contributed by atoms with Crippen LogP contribution in [-0.2, 0) is 23.9 Å². The highest BCUT2D eigenvalue weighted by Crippen LogP contribution is 2.15. The first-order chi connectivity index (χ1) is 18.1. The number of morpholine rings is 1. The van der Waals surface area contributed by atoms with Crippen molar-refractivity contribution in [3.05, 3.63) is 0 Å². The van der Waals surface area contributed by atoms with E-state index < -0.39 is 0 Å². The molecule has 2 unspecified atom stereocenters. The molecule has 0 aliphatic carbocycles. The van der Waals surface area contributed by atoms with Crippen molar-refractivity contribution in [3.63, 3.8) is 0 Å². The Labute approximate surface area is 230 Å². The molecule has 4 fully saturated rings. The second-order valence-electron chi connectivity index (χ2n) is 10.5. The molecule has 0 aromatic heterocycles. The predicted molar refractivity (Wildman–Crippen MR) is 150 cm³/mol. The van der Waals surface area contributed by atoms with Crippen molar-refractivity contribution in [2.75, 3.05) is 72.1 Å². The van der Waals surface area contributed by atoms with E-state index in [9.17, 15) is 19.2 Å². The molecule has 4 rings (SSSR count).